The Kier molecular flexibility index (Phi) is 2.78. The molecule has 1 fully saturated rings. The molecular formula is C12H12N2O2S. The normalized spacial score (nSPS) is 14.9. The van der Waals surface area contributed by atoms with E-state index in [1.54, 1.807) is 0 Å². The Morgan fingerprint density at radius 2 is 2.06 bits per heavy atom. The van der Waals surface area contributed by atoms with Crippen molar-refractivity contribution in [1.29, 1.82) is 0 Å². The molecule has 1 saturated carbocycles. The van der Waals surface area contributed by atoms with Crippen molar-refractivity contribution in [2.75, 3.05) is 0 Å². The zero-order valence-corrected chi connectivity index (χ0v) is 9.98. The van der Waals surface area contributed by atoms with Gasteiger partial charge in [0.2, 0.25) is 0 Å². The number of hydrogen-bond acceptors (Lipinski definition) is 5. The largest absolute Gasteiger partial charge is 0.430 e. The maximum absolute atomic E-state index is 8.93. The zero-order chi connectivity index (χ0) is 11.7. The predicted molar refractivity (Wildman–Crippen MR) is 64.3 cm³/mol. The van der Waals surface area contributed by atoms with E-state index in [-0.39, 0.29) is 6.61 Å². The van der Waals surface area contributed by atoms with E-state index in [0.717, 1.165) is 17.1 Å². The zero-order valence-electron chi connectivity index (χ0n) is 9.17. The smallest absolute Gasteiger partial charge is 0.298 e. The first kappa shape index (κ1) is 10.7. The lowest BCUT2D eigenvalue weighted by molar-refractivity contribution is 0.281. The maximum atomic E-state index is 8.93. The van der Waals surface area contributed by atoms with Crippen molar-refractivity contribution in [1.82, 2.24) is 9.36 Å². The van der Waals surface area contributed by atoms with E-state index >= 15 is 0 Å². The van der Waals surface area contributed by atoms with Gasteiger partial charge < -0.3 is 9.84 Å². The summed E-state index contributed by atoms with van der Waals surface area (Å²) in [5.41, 5.74) is 0.869. The maximum Gasteiger partial charge on any atom is 0.298 e. The molecule has 0 spiro atoms. The average Bonchev–Trinajstić information content (AvgIpc) is 3.12. The van der Waals surface area contributed by atoms with Crippen LogP contribution in [0, 0.1) is 0 Å². The molecule has 4 nitrogen and oxygen atoms in total. The fourth-order valence-corrected chi connectivity index (χ4v) is 2.16. The molecule has 1 aromatic heterocycles. The average molecular weight is 248 g/mol. The van der Waals surface area contributed by atoms with Crippen LogP contribution in [0.25, 0.3) is 0 Å². The molecule has 3 rings (SSSR count). The summed E-state index contributed by atoms with van der Waals surface area (Å²) < 4.78 is 9.87. The number of aliphatic hydroxyl groups is 1. The van der Waals surface area contributed by atoms with Gasteiger partial charge in [-0.1, -0.05) is 12.1 Å². The topological polar surface area (TPSA) is 55.2 Å². The van der Waals surface area contributed by atoms with E-state index in [4.69, 9.17) is 9.84 Å². The standard InChI is InChI=1S/C12H12N2O2S/c15-7-8-1-5-10(6-2-8)16-12-13-11(14-17-12)9-3-4-9/h1-2,5-6,9,15H,3-4,7H2. The molecule has 0 atom stereocenters. The first-order valence-electron chi connectivity index (χ1n) is 5.56. The van der Waals surface area contributed by atoms with Gasteiger partial charge in [-0.15, -0.1) is 0 Å². The Morgan fingerprint density at radius 3 is 2.71 bits per heavy atom. The van der Waals surface area contributed by atoms with Crippen molar-refractivity contribution in [3.05, 3.63) is 35.7 Å². The summed E-state index contributed by atoms with van der Waals surface area (Å²) in [5.74, 6) is 2.19. The second-order valence-electron chi connectivity index (χ2n) is 4.10. The van der Waals surface area contributed by atoms with Gasteiger partial charge >= 0.3 is 0 Å². The van der Waals surface area contributed by atoms with Crippen LogP contribution in [0.4, 0.5) is 0 Å². The molecular weight excluding hydrogens is 236 g/mol. The molecule has 1 aliphatic rings. The van der Waals surface area contributed by atoms with E-state index < -0.39 is 0 Å². The summed E-state index contributed by atoms with van der Waals surface area (Å²) in [5, 5.41) is 9.52. The Hall–Kier alpha value is -1.46. The molecule has 88 valence electrons. The van der Waals surface area contributed by atoms with Crippen LogP contribution >= 0.6 is 11.5 Å². The van der Waals surface area contributed by atoms with Gasteiger partial charge in [0.25, 0.3) is 5.19 Å². The third-order valence-corrected chi connectivity index (χ3v) is 3.29. The monoisotopic (exact) mass is 248 g/mol. The van der Waals surface area contributed by atoms with Crippen LogP contribution in [0.2, 0.25) is 0 Å². The molecule has 2 aromatic rings. The van der Waals surface area contributed by atoms with Crippen LogP contribution in [0.5, 0.6) is 10.9 Å². The van der Waals surface area contributed by atoms with Gasteiger partial charge in [-0.05, 0) is 30.5 Å². The molecule has 1 N–H and O–H groups in total. The minimum absolute atomic E-state index is 0.0465. The molecule has 1 aliphatic carbocycles. The molecule has 5 heteroatoms. The fraction of sp³-hybridized carbons (Fsp3) is 0.333. The summed E-state index contributed by atoms with van der Waals surface area (Å²) >= 11 is 1.29. The van der Waals surface area contributed by atoms with Crippen molar-refractivity contribution in [3.8, 4) is 10.9 Å². The fourth-order valence-electron chi connectivity index (χ4n) is 1.53. The van der Waals surface area contributed by atoms with E-state index in [2.05, 4.69) is 9.36 Å². The Morgan fingerprint density at radius 1 is 1.29 bits per heavy atom. The highest BCUT2D eigenvalue weighted by atomic mass is 32.1. The molecule has 17 heavy (non-hydrogen) atoms. The second-order valence-corrected chi connectivity index (χ2v) is 4.81. The van der Waals surface area contributed by atoms with Crippen molar-refractivity contribution >= 4 is 11.5 Å². The first-order valence-corrected chi connectivity index (χ1v) is 6.34. The van der Waals surface area contributed by atoms with Gasteiger partial charge in [0, 0.05) is 17.5 Å². The lowest BCUT2D eigenvalue weighted by Crippen LogP contribution is -1.86. The number of aliphatic hydroxyl groups excluding tert-OH is 1. The van der Waals surface area contributed by atoms with E-state index in [9.17, 15) is 0 Å². The summed E-state index contributed by atoms with van der Waals surface area (Å²) in [6.07, 6.45) is 2.39. The Balaban J connectivity index is 1.71. The summed E-state index contributed by atoms with van der Waals surface area (Å²) in [4.78, 5) is 4.35. The molecule has 0 saturated heterocycles. The van der Waals surface area contributed by atoms with Crippen molar-refractivity contribution in [2.24, 2.45) is 0 Å². The summed E-state index contributed by atoms with van der Waals surface area (Å²) in [6, 6.07) is 7.31. The first-order chi connectivity index (χ1) is 8.35. The second kappa shape index (κ2) is 4.43. The quantitative estimate of drug-likeness (QED) is 0.903. The lowest BCUT2D eigenvalue weighted by atomic mass is 10.2. The van der Waals surface area contributed by atoms with Crippen molar-refractivity contribution in [3.63, 3.8) is 0 Å². The van der Waals surface area contributed by atoms with Crippen LogP contribution in [-0.4, -0.2) is 14.5 Å². The molecule has 1 heterocycles. The van der Waals surface area contributed by atoms with Crippen LogP contribution in [-0.2, 0) is 6.61 Å². The lowest BCUT2D eigenvalue weighted by Gasteiger charge is -2.01. The molecule has 1 aromatic carbocycles. The highest BCUT2D eigenvalue weighted by Crippen LogP contribution is 2.40. The van der Waals surface area contributed by atoms with Gasteiger partial charge in [0.05, 0.1) is 6.61 Å². The van der Waals surface area contributed by atoms with Crippen LogP contribution in [0.3, 0.4) is 0 Å². The summed E-state index contributed by atoms with van der Waals surface area (Å²) in [6.45, 7) is 0.0465. The van der Waals surface area contributed by atoms with Gasteiger partial charge in [-0.2, -0.15) is 9.36 Å². The number of nitrogens with zero attached hydrogens (tertiary/aromatic N) is 2. The van der Waals surface area contributed by atoms with E-state index in [0.29, 0.717) is 11.1 Å². The van der Waals surface area contributed by atoms with E-state index in [1.165, 1.54) is 24.4 Å². The molecule has 0 amide bonds. The van der Waals surface area contributed by atoms with Crippen LogP contribution in [0.1, 0.15) is 30.1 Å². The number of ether oxygens (including phenoxy) is 1. The number of benzene rings is 1. The van der Waals surface area contributed by atoms with Crippen LogP contribution in [0.15, 0.2) is 24.3 Å². The van der Waals surface area contributed by atoms with Gasteiger partial charge in [0.15, 0.2) is 0 Å². The number of hydrogen-bond donors (Lipinski definition) is 1. The van der Waals surface area contributed by atoms with Crippen molar-refractivity contribution < 1.29 is 9.84 Å². The minimum atomic E-state index is 0.0465. The predicted octanol–water partition coefficient (Wildman–Crippen LogP) is 2.70. The molecule has 0 unspecified atom stereocenters. The third kappa shape index (κ3) is 2.45. The SMILES string of the molecule is OCc1ccc(Oc2nc(C3CC3)ns2)cc1. The minimum Gasteiger partial charge on any atom is -0.430 e. The van der Waals surface area contributed by atoms with E-state index in [1.807, 2.05) is 24.3 Å². The van der Waals surface area contributed by atoms with Gasteiger partial charge in [-0.3, -0.25) is 0 Å². The third-order valence-electron chi connectivity index (χ3n) is 2.68. The highest BCUT2D eigenvalue weighted by Gasteiger charge is 2.28. The summed E-state index contributed by atoms with van der Waals surface area (Å²) in [7, 11) is 0. The molecule has 0 bridgehead atoms. The van der Waals surface area contributed by atoms with Gasteiger partial charge in [-0.25, -0.2) is 0 Å². The van der Waals surface area contributed by atoms with Crippen molar-refractivity contribution in [2.45, 2.75) is 25.4 Å². The Labute approximate surface area is 103 Å². The molecule has 0 radical (unpaired) electrons. The molecule has 0 aliphatic heterocycles. The Bertz CT molecular complexity index is 505. The number of rotatable bonds is 4. The van der Waals surface area contributed by atoms with Crippen LogP contribution < -0.4 is 4.74 Å². The van der Waals surface area contributed by atoms with Gasteiger partial charge in [0.1, 0.15) is 11.6 Å². The highest BCUT2D eigenvalue weighted by molar-refractivity contribution is 7.07. The number of aromatic nitrogens is 2.